The lowest BCUT2D eigenvalue weighted by Crippen LogP contribution is -2.37. The summed E-state index contributed by atoms with van der Waals surface area (Å²) in [5, 5.41) is 0.161. The van der Waals surface area contributed by atoms with Crippen molar-refractivity contribution in [3.05, 3.63) is 68.4 Å². The number of ether oxygens (including phenoxy) is 1. The molecule has 3 heterocycles. The Kier molecular flexibility index (Phi) is 4.66. The maximum atomic E-state index is 14.0. The number of carbonyl (C=O) groups is 1. The van der Waals surface area contributed by atoms with Crippen LogP contribution >= 0.6 is 0 Å². The Morgan fingerprint density at radius 1 is 1.12 bits per heavy atom. The number of aryl methyl sites for hydroxylation is 1. The van der Waals surface area contributed by atoms with Crippen molar-refractivity contribution in [2.75, 3.05) is 13.7 Å². The number of H-pyrrole nitrogens is 2. The summed E-state index contributed by atoms with van der Waals surface area (Å²) in [6.45, 7) is 0.109. The predicted molar refractivity (Wildman–Crippen MR) is 107 cm³/mol. The molecule has 2 aromatic heterocycles. The third kappa shape index (κ3) is 3.29. The lowest BCUT2D eigenvalue weighted by Gasteiger charge is -2.33. The van der Waals surface area contributed by atoms with Gasteiger partial charge in [-0.15, -0.1) is 0 Å². The van der Waals surface area contributed by atoms with Crippen LogP contribution in [0.2, 0.25) is 0 Å². The first-order valence-electron chi connectivity index (χ1n) is 10.1. The molecule has 0 radical (unpaired) electrons. The van der Waals surface area contributed by atoms with E-state index in [9.17, 15) is 27.2 Å². The summed E-state index contributed by atoms with van der Waals surface area (Å²) in [6, 6.07) is 2.51. The number of nitrogens with zero attached hydrogens (tertiary/aromatic N) is 1. The van der Waals surface area contributed by atoms with Gasteiger partial charge < -0.3 is 19.6 Å². The number of aromatic nitrogens is 2. The molecule has 0 bridgehead atoms. The van der Waals surface area contributed by atoms with Crippen LogP contribution in [-0.2, 0) is 24.2 Å². The van der Waals surface area contributed by atoms with Crippen LogP contribution in [0, 0.1) is 11.6 Å². The van der Waals surface area contributed by atoms with E-state index in [1.165, 1.54) is 18.0 Å². The first-order valence-corrected chi connectivity index (χ1v) is 10.1. The second-order valence-electron chi connectivity index (χ2n) is 8.32. The zero-order chi connectivity index (χ0) is 22.8. The number of nitrogens with one attached hydrogen (secondary N) is 2. The van der Waals surface area contributed by atoms with Gasteiger partial charge in [0, 0.05) is 36.8 Å². The van der Waals surface area contributed by atoms with Crippen molar-refractivity contribution < 1.29 is 27.1 Å². The number of amides is 1. The molecule has 10 heteroatoms. The Morgan fingerprint density at radius 3 is 2.59 bits per heavy atom. The van der Waals surface area contributed by atoms with Crippen LogP contribution in [0.5, 0.6) is 0 Å². The summed E-state index contributed by atoms with van der Waals surface area (Å²) in [6.07, 6.45) is -0.567. The highest BCUT2D eigenvalue weighted by Crippen LogP contribution is 2.36. The number of aromatic amines is 2. The fourth-order valence-electron chi connectivity index (χ4n) is 4.59. The number of alkyl halides is 2. The SMILES string of the molecule is CN(C(=O)c1cc2c([nH]1)CCC(F)(F)C2)C1COCc2[nH]c(=O)c3cc(F)c(F)cc3c21. The molecule has 1 unspecified atom stereocenters. The van der Waals surface area contributed by atoms with Crippen molar-refractivity contribution in [3.8, 4) is 0 Å². The van der Waals surface area contributed by atoms with Crippen LogP contribution in [0.15, 0.2) is 23.0 Å². The molecule has 2 N–H and O–H groups in total. The van der Waals surface area contributed by atoms with E-state index >= 15 is 0 Å². The van der Waals surface area contributed by atoms with E-state index in [-0.39, 0.29) is 42.5 Å². The monoisotopic (exact) mass is 449 g/mol. The van der Waals surface area contributed by atoms with E-state index in [0.717, 1.165) is 12.1 Å². The normalized spacial score (nSPS) is 19.5. The largest absolute Gasteiger partial charge is 0.373 e. The Balaban J connectivity index is 1.55. The van der Waals surface area contributed by atoms with Gasteiger partial charge in [0.1, 0.15) is 5.69 Å². The van der Waals surface area contributed by atoms with Gasteiger partial charge in [0.2, 0.25) is 0 Å². The Hall–Kier alpha value is -3.14. The van der Waals surface area contributed by atoms with Crippen LogP contribution in [0.1, 0.15) is 45.5 Å². The molecule has 32 heavy (non-hydrogen) atoms. The molecule has 1 amide bonds. The summed E-state index contributed by atoms with van der Waals surface area (Å²) in [5.41, 5.74) is 1.42. The Bertz CT molecular complexity index is 1310. The smallest absolute Gasteiger partial charge is 0.270 e. The fraction of sp³-hybridized carbons (Fsp3) is 0.364. The van der Waals surface area contributed by atoms with E-state index in [2.05, 4.69) is 9.97 Å². The van der Waals surface area contributed by atoms with Crippen LogP contribution in [0.3, 0.4) is 0 Å². The van der Waals surface area contributed by atoms with Crippen molar-refractivity contribution in [2.45, 2.75) is 37.8 Å². The molecule has 0 spiro atoms. The maximum absolute atomic E-state index is 14.0. The zero-order valence-electron chi connectivity index (χ0n) is 17.0. The highest BCUT2D eigenvalue weighted by atomic mass is 19.3. The molecule has 1 aliphatic heterocycles. The minimum absolute atomic E-state index is 0.0343. The number of likely N-dealkylation sites (N-methyl/N-ethyl adjacent to an activating group) is 1. The van der Waals surface area contributed by atoms with Crippen LogP contribution in [-0.4, -0.2) is 40.4 Å². The molecular weight excluding hydrogens is 430 g/mol. The first kappa shape index (κ1) is 20.7. The van der Waals surface area contributed by atoms with E-state index < -0.39 is 41.5 Å². The second kappa shape index (κ2) is 7.19. The minimum atomic E-state index is -2.80. The van der Waals surface area contributed by atoms with E-state index in [0.29, 0.717) is 22.5 Å². The van der Waals surface area contributed by atoms with Gasteiger partial charge in [-0.1, -0.05) is 0 Å². The second-order valence-corrected chi connectivity index (χ2v) is 8.32. The number of benzene rings is 1. The number of rotatable bonds is 2. The third-order valence-electron chi connectivity index (χ3n) is 6.24. The third-order valence-corrected chi connectivity index (χ3v) is 6.24. The number of hydrogen-bond acceptors (Lipinski definition) is 3. The average molecular weight is 449 g/mol. The van der Waals surface area contributed by atoms with Crippen molar-refractivity contribution in [2.24, 2.45) is 0 Å². The Morgan fingerprint density at radius 2 is 1.84 bits per heavy atom. The summed E-state index contributed by atoms with van der Waals surface area (Å²) >= 11 is 0. The molecule has 1 aromatic carbocycles. The number of carbonyl (C=O) groups excluding carboxylic acids is 1. The van der Waals surface area contributed by atoms with Gasteiger partial charge in [-0.05, 0) is 35.6 Å². The van der Waals surface area contributed by atoms with Gasteiger partial charge in [-0.25, -0.2) is 17.6 Å². The molecule has 0 saturated heterocycles. The molecule has 0 saturated carbocycles. The van der Waals surface area contributed by atoms with E-state index in [1.807, 2.05) is 0 Å². The van der Waals surface area contributed by atoms with Gasteiger partial charge in [0.25, 0.3) is 17.4 Å². The predicted octanol–water partition coefficient (Wildman–Crippen LogP) is 3.60. The molecule has 0 fully saturated rings. The molecule has 1 atom stereocenters. The van der Waals surface area contributed by atoms with Crippen LogP contribution in [0.4, 0.5) is 17.6 Å². The first-order chi connectivity index (χ1) is 15.1. The lowest BCUT2D eigenvalue weighted by atomic mass is 9.94. The Labute approximate surface area is 179 Å². The maximum Gasteiger partial charge on any atom is 0.270 e. The number of hydrogen-bond donors (Lipinski definition) is 2. The van der Waals surface area contributed by atoms with Crippen molar-refractivity contribution >= 4 is 16.7 Å². The van der Waals surface area contributed by atoms with Crippen molar-refractivity contribution in [1.82, 2.24) is 14.9 Å². The molecule has 5 rings (SSSR count). The van der Waals surface area contributed by atoms with Crippen LogP contribution < -0.4 is 5.56 Å². The highest BCUT2D eigenvalue weighted by molar-refractivity contribution is 5.94. The molecule has 1 aliphatic carbocycles. The van der Waals surface area contributed by atoms with E-state index in [4.69, 9.17) is 4.74 Å². The topological polar surface area (TPSA) is 78.2 Å². The fourth-order valence-corrected chi connectivity index (χ4v) is 4.59. The van der Waals surface area contributed by atoms with Gasteiger partial charge in [0.15, 0.2) is 11.6 Å². The quantitative estimate of drug-likeness (QED) is 0.587. The number of halogens is 4. The van der Waals surface area contributed by atoms with Crippen molar-refractivity contribution in [1.29, 1.82) is 0 Å². The average Bonchev–Trinajstić information content (AvgIpc) is 3.15. The zero-order valence-corrected chi connectivity index (χ0v) is 17.0. The molecule has 6 nitrogen and oxygen atoms in total. The summed E-state index contributed by atoms with van der Waals surface area (Å²) < 4.78 is 60.8. The van der Waals surface area contributed by atoms with Gasteiger partial charge >= 0.3 is 0 Å². The summed E-state index contributed by atoms with van der Waals surface area (Å²) in [4.78, 5) is 32.5. The molecular formula is C22H19F4N3O3. The highest BCUT2D eigenvalue weighted by Gasteiger charge is 2.37. The van der Waals surface area contributed by atoms with Crippen molar-refractivity contribution in [3.63, 3.8) is 0 Å². The number of pyridine rings is 1. The standard InChI is InChI=1S/C22H19F4N3O3/c1-29(21(31)16-4-10-7-22(25,26)3-2-15(10)27-16)18-9-32-8-17-19(18)11-5-13(23)14(24)6-12(11)20(30)28-17/h4-6,18,27H,2-3,7-9H2,1H3,(H,28,30). The molecule has 168 valence electrons. The molecule has 3 aromatic rings. The van der Waals surface area contributed by atoms with Gasteiger partial charge in [-0.2, -0.15) is 0 Å². The number of fused-ring (bicyclic) bond motifs is 4. The van der Waals surface area contributed by atoms with E-state index in [1.54, 1.807) is 0 Å². The van der Waals surface area contributed by atoms with Gasteiger partial charge in [-0.3, -0.25) is 9.59 Å². The minimum Gasteiger partial charge on any atom is -0.373 e. The van der Waals surface area contributed by atoms with Crippen LogP contribution in [0.25, 0.3) is 10.8 Å². The summed E-state index contributed by atoms with van der Waals surface area (Å²) in [7, 11) is 1.51. The lowest BCUT2D eigenvalue weighted by molar-refractivity contribution is -0.0124. The molecule has 2 aliphatic rings. The van der Waals surface area contributed by atoms with Gasteiger partial charge in [0.05, 0.1) is 24.6 Å². The summed E-state index contributed by atoms with van der Waals surface area (Å²) in [5.74, 6) is -5.53.